The molecule has 0 aliphatic carbocycles. The minimum atomic E-state index is -3.73. The summed E-state index contributed by atoms with van der Waals surface area (Å²) >= 11 is 0. The lowest BCUT2D eigenvalue weighted by atomic mass is 10.2. The van der Waals surface area contributed by atoms with E-state index < -0.39 is 10.0 Å². The number of benzene rings is 3. The van der Waals surface area contributed by atoms with Crippen LogP contribution in [0.2, 0.25) is 0 Å². The molecular formula is C26H26N4O3S. The summed E-state index contributed by atoms with van der Waals surface area (Å²) in [7, 11) is -2.22. The minimum Gasteiger partial charge on any atom is -0.328 e. The number of sulfonamides is 1. The largest absolute Gasteiger partial charge is 0.328 e. The summed E-state index contributed by atoms with van der Waals surface area (Å²) in [5.74, 6) is 0.800. The molecule has 0 atom stereocenters. The molecule has 34 heavy (non-hydrogen) atoms. The summed E-state index contributed by atoms with van der Waals surface area (Å²) in [6.45, 7) is 0.978. The average Bonchev–Trinajstić information content (AvgIpc) is 3.03. The first kappa shape index (κ1) is 22.2. The molecule has 8 heteroatoms. The van der Waals surface area contributed by atoms with Crippen LogP contribution in [0.5, 0.6) is 0 Å². The Morgan fingerprint density at radius 1 is 0.971 bits per heavy atom. The normalized spacial score (nSPS) is 13.8. The van der Waals surface area contributed by atoms with Gasteiger partial charge < -0.3 is 9.88 Å². The number of nitrogens with one attached hydrogen (secondary N) is 1. The molecule has 0 fully saturated rings. The molecule has 0 saturated heterocycles. The molecule has 1 N–H and O–H groups in total. The summed E-state index contributed by atoms with van der Waals surface area (Å²) < 4.78 is 29.4. The van der Waals surface area contributed by atoms with Crippen molar-refractivity contribution in [2.24, 2.45) is 0 Å². The maximum Gasteiger partial charge on any atom is 0.264 e. The number of anilines is 2. The fourth-order valence-corrected chi connectivity index (χ4v) is 5.54. The minimum absolute atomic E-state index is 0.122. The number of rotatable bonds is 5. The van der Waals surface area contributed by atoms with Crippen LogP contribution in [0.15, 0.2) is 77.7 Å². The monoisotopic (exact) mass is 474 g/mol. The van der Waals surface area contributed by atoms with Crippen molar-refractivity contribution < 1.29 is 13.2 Å². The van der Waals surface area contributed by atoms with Crippen molar-refractivity contribution in [3.05, 3.63) is 84.2 Å². The molecule has 0 saturated carbocycles. The van der Waals surface area contributed by atoms with Gasteiger partial charge in [0.25, 0.3) is 15.9 Å². The van der Waals surface area contributed by atoms with E-state index in [1.807, 2.05) is 24.3 Å². The van der Waals surface area contributed by atoms with Gasteiger partial charge in [-0.2, -0.15) is 0 Å². The molecule has 7 nitrogen and oxygen atoms in total. The zero-order valence-electron chi connectivity index (χ0n) is 18.9. The SMILES string of the molecule is CN(c1ccccc1)S(=O)(=O)c1ccc(C(=O)Nc2ccc3c(c2)nc2n3CCCCC2)cc1. The standard InChI is InChI=1S/C26H26N4O3S/c1-29(21-8-4-2-5-9-21)34(32,33)22-14-11-19(12-15-22)26(31)27-20-13-16-24-23(18-20)28-25-10-6-3-7-17-30(24)25/h2,4-5,8-9,11-16,18H,3,6-7,10,17H2,1H3,(H,27,31). The Labute approximate surface area is 199 Å². The molecule has 0 spiro atoms. The topological polar surface area (TPSA) is 84.3 Å². The van der Waals surface area contributed by atoms with E-state index in [1.165, 1.54) is 42.0 Å². The van der Waals surface area contributed by atoms with Crippen LogP contribution in [0.4, 0.5) is 11.4 Å². The first-order chi connectivity index (χ1) is 16.4. The molecule has 0 unspecified atom stereocenters. The van der Waals surface area contributed by atoms with Crippen LogP contribution in [-0.4, -0.2) is 30.9 Å². The molecule has 174 valence electrons. The number of hydrogen-bond donors (Lipinski definition) is 1. The highest BCUT2D eigenvalue weighted by atomic mass is 32.2. The first-order valence-electron chi connectivity index (χ1n) is 11.4. The highest BCUT2D eigenvalue weighted by molar-refractivity contribution is 7.92. The lowest BCUT2D eigenvalue weighted by molar-refractivity contribution is 0.102. The predicted octanol–water partition coefficient (Wildman–Crippen LogP) is 4.84. The Bertz CT molecular complexity index is 1440. The second-order valence-electron chi connectivity index (χ2n) is 8.48. The van der Waals surface area contributed by atoms with E-state index >= 15 is 0 Å². The van der Waals surface area contributed by atoms with E-state index in [9.17, 15) is 13.2 Å². The van der Waals surface area contributed by atoms with Crippen molar-refractivity contribution in [1.82, 2.24) is 9.55 Å². The van der Waals surface area contributed by atoms with E-state index in [-0.39, 0.29) is 10.8 Å². The number of fused-ring (bicyclic) bond motifs is 3. The van der Waals surface area contributed by atoms with Gasteiger partial charge in [-0.1, -0.05) is 24.6 Å². The van der Waals surface area contributed by atoms with Crippen molar-refractivity contribution in [2.45, 2.75) is 37.1 Å². The third-order valence-corrected chi connectivity index (χ3v) is 8.06. The molecule has 5 rings (SSSR count). The zero-order valence-corrected chi connectivity index (χ0v) is 19.8. The second-order valence-corrected chi connectivity index (χ2v) is 10.4. The summed E-state index contributed by atoms with van der Waals surface area (Å²) in [4.78, 5) is 17.7. The molecule has 4 aromatic rings. The van der Waals surface area contributed by atoms with Gasteiger partial charge in [0.1, 0.15) is 5.82 Å². The summed E-state index contributed by atoms with van der Waals surface area (Å²) in [6.07, 6.45) is 4.51. The van der Waals surface area contributed by atoms with E-state index in [2.05, 4.69) is 9.88 Å². The van der Waals surface area contributed by atoms with E-state index in [1.54, 1.807) is 24.3 Å². The van der Waals surface area contributed by atoms with Crippen LogP contribution in [0.1, 0.15) is 35.4 Å². The Kier molecular flexibility index (Phi) is 5.83. The number of para-hydroxylation sites is 1. The fraction of sp³-hybridized carbons (Fsp3) is 0.231. The molecular weight excluding hydrogens is 448 g/mol. The highest BCUT2D eigenvalue weighted by Gasteiger charge is 2.21. The van der Waals surface area contributed by atoms with Gasteiger partial charge in [-0.05, 0) is 67.4 Å². The lowest BCUT2D eigenvalue weighted by Crippen LogP contribution is -2.26. The summed E-state index contributed by atoms with van der Waals surface area (Å²) in [5, 5.41) is 2.90. The van der Waals surface area contributed by atoms with Crippen LogP contribution in [-0.2, 0) is 23.0 Å². The van der Waals surface area contributed by atoms with Crippen molar-refractivity contribution in [3.63, 3.8) is 0 Å². The Morgan fingerprint density at radius 3 is 2.50 bits per heavy atom. The predicted molar refractivity (Wildman–Crippen MR) is 134 cm³/mol. The number of carbonyl (C=O) groups is 1. The number of hydrogen-bond acceptors (Lipinski definition) is 4. The quantitative estimate of drug-likeness (QED) is 0.449. The van der Waals surface area contributed by atoms with Gasteiger partial charge in [0.2, 0.25) is 0 Å². The number of aromatic nitrogens is 2. The molecule has 1 amide bonds. The molecule has 1 aromatic heterocycles. The zero-order chi connectivity index (χ0) is 23.7. The Morgan fingerprint density at radius 2 is 1.74 bits per heavy atom. The second kappa shape index (κ2) is 8.95. The average molecular weight is 475 g/mol. The maximum absolute atomic E-state index is 13.0. The van der Waals surface area contributed by atoms with Gasteiger partial charge in [-0.25, -0.2) is 13.4 Å². The van der Waals surface area contributed by atoms with Crippen molar-refractivity contribution in [3.8, 4) is 0 Å². The maximum atomic E-state index is 13.0. The van der Waals surface area contributed by atoms with Crippen molar-refractivity contribution in [2.75, 3.05) is 16.7 Å². The molecule has 3 aromatic carbocycles. The van der Waals surface area contributed by atoms with Crippen molar-refractivity contribution >= 4 is 38.3 Å². The van der Waals surface area contributed by atoms with E-state index in [0.717, 1.165) is 42.7 Å². The third-order valence-electron chi connectivity index (χ3n) is 6.26. The summed E-state index contributed by atoms with van der Waals surface area (Å²) in [6, 6.07) is 20.6. The highest BCUT2D eigenvalue weighted by Crippen LogP contribution is 2.25. The smallest absolute Gasteiger partial charge is 0.264 e. The van der Waals surface area contributed by atoms with Crippen LogP contribution in [0, 0.1) is 0 Å². The third kappa shape index (κ3) is 4.17. The molecule has 1 aliphatic heterocycles. The molecule has 0 radical (unpaired) electrons. The van der Waals surface area contributed by atoms with E-state index in [0.29, 0.717) is 16.9 Å². The van der Waals surface area contributed by atoms with Crippen LogP contribution < -0.4 is 9.62 Å². The van der Waals surface area contributed by atoms with E-state index in [4.69, 9.17) is 4.98 Å². The summed E-state index contributed by atoms with van der Waals surface area (Å²) in [5.41, 5.74) is 3.57. The van der Waals surface area contributed by atoms with Gasteiger partial charge in [0.05, 0.1) is 21.6 Å². The van der Waals surface area contributed by atoms with Crippen molar-refractivity contribution in [1.29, 1.82) is 0 Å². The number of imidazole rings is 1. The van der Waals surface area contributed by atoms with Crippen LogP contribution in [0.25, 0.3) is 11.0 Å². The molecule has 2 heterocycles. The number of nitrogens with zero attached hydrogens (tertiary/aromatic N) is 3. The Balaban J connectivity index is 1.33. The molecule has 1 aliphatic rings. The fourth-order valence-electron chi connectivity index (χ4n) is 4.34. The van der Waals surface area contributed by atoms with Gasteiger partial charge in [-0.3, -0.25) is 9.10 Å². The van der Waals surface area contributed by atoms with Crippen LogP contribution >= 0.6 is 0 Å². The number of aryl methyl sites for hydroxylation is 2. The lowest BCUT2D eigenvalue weighted by Gasteiger charge is -2.19. The first-order valence-corrected chi connectivity index (χ1v) is 12.8. The number of amides is 1. The van der Waals surface area contributed by atoms with Gasteiger partial charge >= 0.3 is 0 Å². The Hall–Kier alpha value is -3.65. The molecule has 0 bridgehead atoms. The van der Waals surface area contributed by atoms with Gasteiger partial charge in [0.15, 0.2) is 0 Å². The van der Waals surface area contributed by atoms with Gasteiger partial charge in [0, 0.05) is 31.3 Å². The van der Waals surface area contributed by atoms with Gasteiger partial charge in [-0.15, -0.1) is 0 Å². The van der Waals surface area contributed by atoms with Crippen LogP contribution in [0.3, 0.4) is 0 Å². The number of carbonyl (C=O) groups excluding carboxylic acids is 1.